The molecule has 0 fully saturated rings. The van der Waals surface area contributed by atoms with E-state index in [-0.39, 0.29) is 0 Å². The van der Waals surface area contributed by atoms with Gasteiger partial charge < -0.3 is 4.98 Å². The first-order chi connectivity index (χ1) is 13.2. The molecule has 148 valence electrons. The molecule has 0 radical (unpaired) electrons. The lowest BCUT2D eigenvalue weighted by molar-refractivity contribution is 0.862. The van der Waals surface area contributed by atoms with Crippen molar-refractivity contribution in [3.05, 3.63) is 65.0 Å². The Kier molecular flexibility index (Phi) is 10.5. The lowest BCUT2D eigenvalue weighted by Crippen LogP contribution is -1.90. The number of hydrogen-bond donors (Lipinski definition) is 1. The Bertz CT molecular complexity index is 784. The Morgan fingerprint density at radius 1 is 0.926 bits per heavy atom. The summed E-state index contributed by atoms with van der Waals surface area (Å²) in [5, 5.41) is 0. The van der Waals surface area contributed by atoms with Gasteiger partial charge in [0, 0.05) is 0 Å². The Balaban J connectivity index is 0.000000229. The Morgan fingerprint density at radius 2 is 1.63 bits per heavy atom. The fourth-order valence-corrected chi connectivity index (χ4v) is 3.15. The maximum Gasteiger partial charge on any atom is 0.0931 e. The van der Waals surface area contributed by atoms with Crippen LogP contribution in [-0.2, 0) is 19.3 Å². The van der Waals surface area contributed by atoms with Gasteiger partial charge in [0.05, 0.1) is 17.4 Å². The summed E-state index contributed by atoms with van der Waals surface area (Å²) >= 11 is 0. The molecule has 2 heteroatoms. The van der Waals surface area contributed by atoms with Crippen molar-refractivity contribution in [3.63, 3.8) is 0 Å². The van der Waals surface area contributed by atoms with Gasteiger partial charge in [0.1, 0.15) is 0 Å². The minimum atomic E-state index is 0.677. The molecule has 1 N–H and O–H groups in total. The molecule has 0 spiro atoms. The monoisotopic (exact) mass is 366 g/mol. The minimum absolute atomic E-state index is 0.677. The number of fused-ring (bicyclic) bond motifs is 2. The highest BCUT2D eigenvalue weighted by atomic mass is 14.9. The van der Waals surface area contributed by atoms with Gasteiger partial charge in [-0.15, -0.1) is 0 Å². The third-order valence-corrected chi connectivity index (χ3v) is 4.68. The highest BCUT2D eigenvalue weighted by molar-refractivity contribution is 5.74. The van der Waals surface area contributed by atoms with E-state index in [0.29, 0.717) is 5.92 Å². The molecule has 4 rings (SSSR count). The van der Waals surface area contributed by atoms with Crippen molar-refractivity contribution in [1.82, 2.24) is 9.97 Å². The van der Waals surface area contributed by atoms with E-state index in [4.69, 9.17) is 0 Å². The van der Waals surface area contributed by atoms with E-state index in [1.165, 1.54) is 30.4 Å². The largest absolute Gasteiger partial charge is 0.345 e. The first-order valence-electron chi connectivity index (χ1n) is 10.7. The fraction of sp³-hybridized carbons (Fsp3) is 0.480. The van der Waals surface area contributed by atoms with Gasteiger partial charge in [0.2, 0.25) is 0 Å². The molecule has 0 saturated carbocycles. The molecule has 1 heterocycles. The summed E-state index contributed by atoms with van der Waals surface area (Å²) in [6.07, 6.45) is 6.76. The first kappa shape index (κ1) is 23.0. The van der Waals surface area contributed by atoms with E-state index in [9.17, 15) is 0 Å². The normalized spacial score (nSPS) is 11.6. The molecule has 0 bridgehead atoms. The Morgan fingerprint density at radius 3 is 2.30 bits per heavy atom. The van der Waals surface area contributed by atoms with Crippen molar-refractivity contribution in [1.29, 1.82) is 0 Å². The lowest BCUT2D eigenvalue weighted by Gasteiger charge is -2.07. The number of nitrogens with zero attached hydrogens (tertiary/aromatic N) is 1. The zero-order chi connectivity index (χ0) is 20.2. The molecule has 1 aromatic heterocycles. The number of nitrogens with one attached hydrogen (secondary N) is 1. The molecule has 0 aliphatic heterocycles. The minimum Gasteiger partial charge on any atom is -0.345 e. The van der Waals surface area contributed by atoms with Crippen molar-refractivity contribution in [2.24, 2.45) is 0 Å². The lowest BCUT2D eigenvalue weighted by atomic mass is 9.99. The van der Waals surface area contributed by atoms with Crippen LogP contribution in [0.5, 0.6) is 0 Å². The van der Waals surface area contributed by atoms with E-state index >= 15 is 0 Å². The van der Waals surface area contributed by atoms with Crippen LogP contribution in [0.3, 0.4) is 0 Å². The summed E-state index contributed by atoms with van der Waals surface area (Å²) in [6.45, 7) is 14.7. The maximum atomic E-state index is 4.14. The van der Waals surface area contributed by atoms with E-state index in [1.807, 2.05) is 33.8 Å². The number of H-pyrrole nitrogens is 1. The molecule has 3 aromatic rings. The topological polar surface area (TPSA) is 28.7 Å². The predicted molar refractivity (Wildman–Crippen MR) is 121 cm³/mol. The molecule has 1 aliphatic rings. The Hall–Kier alpha value is -2.09. The SMILES string of the molecule is CC.CC.CC(C)c1ccc2c(c1)CCC2.CCc1ccc2nc[nH]c2c1. The van der Waals surface area contributed by atoms with Gasteiger partial charge in [-0.1, -0.05) is 72.7 Å². The number of aryl methyl sites for hydroxylation is 3. The van der Waals surface area contributed by atoms with Crippen LogP contribution in [0.1, 0.15) is 83.1 Å². The van der Waals surface area contributed by atoms with E-state index in [1.54, 1.807) is 17.5 Å². The maximum absolute atomic E-state index is 4.14. The van der Waals surface area contributed by atoms with Crippen LogP contribution in [0.4, 0.5) is 0 Å². The van der Waals surface area contributed by atoms with Crippen LogP contribution < -0.4 is 0 Å². The summed E-state index contributed by atoms with van der Waals surface area (Å²) in [7, 11) is 0. The van der Waals surface area contributed by atoms with Crippen LogP contribution in [0.25, 0.3) is 11.0 Å². The molecule has 0 amide bonds. The third-order valence-electron chi connectivity index (χ3n) is 4.68. The number of hydrogen-bond acceptors (Lipinski definition) is 1. The highest BCUT2D eigenvalue weighted by Crippen LogP contribution is 2.25. The van der Waals surface area contributed by atoms with Crippen molar-refractivity contribution in [2.75, 3.05) is 0 Å². The molecule has 2 nitrogen and oxygen atoms in total. The average Bonchev–Trinajstić information content (AvgIpc) is 3.39. The van der Waals surface area contributed by atoms with Crippen LogP contribution >= 0.6 is 0 Å². The van der Waals surface area contributed by atoms with Gasteiger partial charge in [0.15, 0.2) is 0 Å². The zero-order valence-electron chi connectivity index (χ0n) is 18.4. The number of aromatic amines is 1. The standard InChI is InChI=1S/C12H16.C9H10N2.2C2H6/c1-9(2)11-7-6-10-4-3-5-12(10)8-11;1-2-7-3-4-8-9(5-7)11-6-10-8;2*1-2/h6-9H,3-5H2,1-2H3;3-6H,2H2,1H3,(H,10,11);2*1-2H3. The second kappa shape index (κ2) is 12.3. The van der Waals surface area contributed by atoms with Gasteiger partial charge in [-0.3, -0.25) is 0 Å². The number of imidazole rings is 1. The molecule has 0 unspecified atom stereocenters. The van der Waals surface area contributed by atoms with E-state index in [2.05, 4.69) is 61.1 Å². The molecule has 2 aromatic carbocycles. The van der Waals surface area contributed by atoms with Crippen molar-refractivity contribution in [2.45, 2.75) is 80.1 Å². The summed E-state index contributed by atoms with van der Waals surface area (Å²) < 4.78 is 0. The number of aromatic nitrogens is 2. The van der Waals surface area contributed by atoms with Gasteiger partial charge in [-0.05, 0) is 66.0 Å². The number of rotatable bonds is 2. The summed E-state index contributed by atoms with van der Waals surface area (Å²) in [5.41, 5.74) is 8.20. The molecule has 0 saturated heterocycles. The molecule has 27 heavy (non-hydrogen) atoms. The second-order valence-corrected chi connectivity index (χ2v) is 6.64. The third kappa shape index (κ3) is 6.53. The first-order valence-corrected chi connectivity index (χ1v) is 10.7. The van der Waals surface area contributed by atoms with Gasteiger partial charge in [-0.2, -0.15) is 0 Å². The van der Waals surface area contributed by atoms with Crippen molar-refractivity contribution >= 4 is 11.0 Å². The quantitative estimate of drug-likeness (QED) is 0.500. The molecule has 1 aliphatic carbocycles. The van der Waals surface area contributed by atoms with E-state index in [0.717, 1.165) is 17.5 Å². The second-order valence-electron chi connectivity index (χ2n) is 6.64. The molecule has 0 atom stereocenters. The molecular weight excluding hydrogens is 328 g/mol. The van der Waals surface area contributed by atoms with Gasteiger partial charge >= 0.3 is 0 Å². The Labute approximate surface area is 166 Å². The fourth-order valence-electron chi connectivity index (χ4n) is 3.15. The van der Waals surface area contributed by atoms with E-state index < -0.39 is 0 Å². The predicted octanol–water partition coefficient (Wildman–Crippen LogP) is 7.48. The van der Waals surface area contributed by atoms with Crippen molar-refractivity contribution < 1.29 is 0 Å². The van der Waals surface area contributed by atoms with Crippen LogP contribution in [0.2, 0.25) is 0 Å². The van der Waals surface area contributed by atoms with Gasteiger partial charge in [0.25, 0.3) is 0 Å². The zero-order valence-corrected chi connectivity index (χ0v) is 18.4. The highest BCUT2D eigenvalue weighted by Gasteiger charge is 2.11. The van der Waals surface area contributed by atoms with Crippen LogP contribution in [-0.4, -0.2) is 9.97 Å². The smallest absolute Gasteiger partial charge is 0.0931 e. The molecular formula is C25H38N2. The number of benzene rings is 2. The summed E-state index contributed by atoms with van der Waals surface area (Å²) in [6, 6.07) is 13.3. The van der Waals surface area contributed by atoms with Crippen LogP contribution in [0.15, 0.2) is 42.7 Å². The van der Waals surface area contributed by atoms with Crippen molar-refractivity contribution in [3.8, 4) is 0 Å². The van der Waals surface area contributed by atoms with Crippen LogP contribution in [0, 0.1) is 0 Å². The summed E-state index contributed by atoms with van der Waals surface area (Å²) in [4.78, 5) is 7.22. The summed E-state index contributed by atoms with van der Waals surface area (Å²) in [5.74, 6) is 0.677. The van der Waals surface area contributed by atoms with Gasteiger partial charge in [-0.25, -0.2) is 4.98 Å². The average molecular weight is 367 g/mol.